The van der Waals surface area contributed by atoms with Gasteiger partial charge in [-0.15, -0.1) is 12.4 Å². The predicted octanol–water partition coefficient (Wildman–Crippen LogP) is 3.46. The smallest absolute Gasteiger partial charge is 0.358 e. The van der Waals surface area contributed by atoms with E-state index in [-0.39, 0.29) is 18.0 Å². The predicted molar refractivity (Wildman–Crippen MR) is 63.3 cm³/mol. The van der Waals surface area contributed by atoms with E-state index in [1.165, 1.54) is 0 Å². The van der Waals surface area contributed by atoms with E-state index in [4.69, 9.17) is 5.73 Å². The number of H-pyrrole nitrogens is 1. The van der Waals surface area contributed by atoms with Crippen molar-refractivity contribution < 1.29 is 13.2 Å². The van der Waals surface area contributed by atoms with Crippen molar-refractivity contribution in [3.8, 4) is 0 Å². The summed E-state index contributed by atoms with van der Waals surface area (Å²) < 4.78 is 37.7. The minimum absolute atomic E-state index is 0. The molecule has 0 fully saturated rings. The van der Waals surface area contributed by atoms with Crippen LogP contribution in [0.1, 0.15) is 17.3 Å². The van der Waals surface area contributed by atoms with E-state index in [1.54, 1.807) is 31.2 Å². The highest BCUT2D eigenvalue weighted by Crippen LogP contribution is 2.36. The molecule has 2 rings (SSSR count). The Kier molecular flexibility index (Phi) is 3.74. The molecule has 94 valence electrons. The van der Waals surface area contributed by atoms with Crippen molar-refractivity contribution in [2.24, 2.45) is 5.73 Å². The highest BCUT2D eigenvalue weighted by atomic mass is 35.5. The van der Waals surface area contributed by atoms with Gasteiger partial charge in [0, 0.05) is 22.2 Å². The minimum Gasteiger partial charge on any atom is -0.358 e. The van der Waals surface area contributed by atoms with Crippen LogP contribution < -0.4 is 5.73 Å². The average Bonchev–Trinajstić information content (AvgIpc) is 2.51. The monoisotopic (exact) mass is 264 g/mol. The number of nitrogens with one attached hydrogen (secondary N) is 1. The van der Waals surface area contributed by atoms with Gasteiger partial charge in [0.1, 0.15) is 6.04 Å². The largest absolute Gasteiger partial charge is 0.407 e. The Labute approximate surface area is 102 Å². The highest BCUT2D eigenvalue weighted by Gasteiger charge is 2.39. The van der Waals surface area contributed by atoms with E-state index >= 15 is 0 Å². The third-order valence-corrected chi connectivity index (χ3v) is 2.61. The van der Waals surface area contributed by atoms with Crippen molar-refractivity contribution in [1.29, 1.82) is 0 Å². The number of nitrogens with two attached hydrogens (primary N) is 1. The van der Waals surface area contributed by atoms with Gasteiger partial charge in [-0.3, -0.25) is 0 Å². The minimum atomic E-state index is -4.42. The zero-order valence-electron chi connectivity index (χ0n) is 9.01. The Morgan fingerprint density at radius 2 is 1.82 bits per heavy atom. The first-order chi connectivity index (χ1) is 7.41. The molecule has 0 saturated carbocycles. The molecule has 0 bridgehead atoms. The van der Waals surface area contributed by atoms with Crippen LogP contribution in [0.2, 0.25) is 0 Å². The van der Waals surface area contributed by atoms with Crippen molar-refractivity contribution in [3.05, 3.63) is 35.5 Å². The summed E-state index contributed by atoms with van der Waals surface area (Å²) in [6, 6.07) is 4.89. The van der Waals surface area contributed by atoms with Crippen LogP contribution in [-0.2, 0) is 0 Å². The molecule has 1 aromatic carbocycles. The van der Waals surface area contributed by atoms with E-state index < -0.39 is 12.2 Å². The van der Waals surface area contributed by atoms with Gasteiger partial charge in [-0.1, -0.05) is 18.2 Å². The van der Waals surface area contributed by atoms with E-state index in [0.29, 0.717) is 16.6 Å². The number of benzene rings is 1. The summed E-state index contributed by atoms with van der Waals surface area (Å²) in [5.41, 5.74) is 6.51. The van der Waals surface area contributed by atoms with Gasteiger partial charge in [0.05, 0.1) is 0 Å². The van der Waals surface area contributed by atoms with Crippen LogP contribution >= 0.6 is 12.4 Å². The maximum Gasteiger partial charge on any atom is 0.407 e. The molecule has 6 heteroatoms. The summed E-state index contributed by atoms with van der Waals surface area (Å²) in [6.45, 7) is 1.60. The average molecular weight is 265 g/mol. The number of alkyl halides is 3. The standard InChI is InChI=1S/C11H11F3N2.ClH/c1-6-9(10(15)11(12,13)14)7-4-2-3-5-8(7)16-6;/h2-5,10,16H,15H2,1H3;1H/t10-;/m1./s1. The van der Waals surface area contributed by atoms with E-state index in [0.717, 1.165) is 0 Å². The number of aromatic nitrogens is 1. The molecule has 0 saturated heterocycles. The zero-order chi connectivity index (χ0) is 11.9. The summed E-state index contributed by atoms with van der Waals surface area (Å²) in [5, 5.41) is 0.532. The molecule has 0 radical (unpaired) electrons. The Bertz CT molecular complexity index is 519. The summed E-state index contributed by atoms with van der Waals surface area (Å²) >= 11 is 0. The number of aryl methyl sites for hydroxylation is 1. The number of hydrogen-bond acceptors (Lipinski definition) is 1. The SMILES string of the molecule is Cc1[nH]c2ccccc2c1[C@@H](N)C(F)(F)F.Cl. The summed E-state index contributed by atoms with van der Waals surface area (Å²) in [4.78, 5) is 2.90. The highest BCUT2D eigenvalue weighted by molar-refractivity contribution is 5.85. The van der Waals surface area contributed by atoms with Gasteiger partial charge in [0.25, 0.3) is 0 Å². The van der Waals surface area contributed by atoms with Crippen molar-refractivity contribution in [1.82, 2.24) is 4.98 Å². The Hall–Kier alpha value is -1.20. The van der Waals surface area contributed by atoms with Crippen molar-refractivity contribution in [2.45, 2.75) is 19.1 Å². The molecule has 0 unspecified atom stereocenters. The summed E-state index contributed by atoms with van der Waals surface area (Å²) in [7, 11) is 0. The third-order valence-electron chi connectivity index (χ3n) is 2.61. The second-order valence-corrected chi connectivity index (χ2v) is 3.73. The van der Waals surface area contributed by atoms with Crippen molar-refractivity contribution >= 4 is 23.3 Å². The number of hydrogen-bond donors (Lipinski definition) is 2. The summed E-state index contributed by atoms with van der Waals surface area (Å²) in [6.07, 6.45) is -4.42. The fourth-order valence-electron chi connectivity index (χ4n) is 1.86. The van der Waals surface area contributed by atoms with Crippen molar-refractivity contribution in [3.63, 3.8) is 0 Å². The second-order valence-electron chi connectivity index (χ2n) is 3.73. The number of aromatic amines is 1. The topological polar surface area (TPSA) is 41.8 Å². The van der Waals surface area contributed by atoms with Gasteiger partial charge in [-0.2, -0.15) is 13.2 Å². The third kappa shape index (κ3) is 2.40. The van der Waals surface area contributed by atoms with E-state index in [1.807, 2.05) is 0 Å². The maximum absolute atomic E-state index is 12.6. The molecule has 2 aromatic rings. The molecule has 0 spiro atoms. The van der Waals surface area contributed by atoms with Crippen LogP contribution in [0.5, 0.6) is 0 Å². The molecule has 0 aliphatic heterocycles. The van der Waals surface area contributed by atoms with Gasteiger partial charge in [0.15, 0.2) is 0 Å². The molecule has 1 aromatic heterocycles. The molecule has 2 nitrogen and oxygen atoms in total. The number of halogens is 4. The van der Waals surface area contributed by atoms with E-state index in [9.17, 15) is 13.2 Å². The molecule has 17 heavy (non-hydrogen) atoms. The first-order valence-corrected chi connectivity index (χ1v) is 4.80. The Morgan fingerprint density at radius 1 is 1.24 bits per heavy atom. The fraction of sp³-hybridized carbons (Fsp3) is 0.273. The van der Waals surface area contributed by atoms with E-state index in [2.05, 4.69) is 4.98 Å². The van der Waals surface area contributed by atoms with Gasteiger partial charge >= 0.3 is 6.18 Å². The number of fused-ring (bicyclic) bond motifs is 1. The van der Waals surface area contributed by atoms with Gasteiger partial charge in [-0.25, -0.2) is 0 Å². The number of para-hydroxylation sites is 1. The fourth-order valence-corrected chi connectivity index (χ4v) is 1.86. The molecule has 1 atom stereocenters. The van der Waals surface area contributed by atoms with Gasteiger partial charge in [0.2, 0.25) is 0 Å². The lowest BCUT2D eigenvalue weighted by Crippen LogP contribution is -2.28. The Morgan fingerprint density at radius 3 is 2.41 bits per heavy atom. The maximum atomic E-state index is 12.6. The van der Waals surface area contributed by atoms with Crippen LogP contribution in [0.25, 0.3) is 10.9 Å². The lowest BCUT2D eigenvalue weighted by molar-refractivity contribution is -0.149. The van der Waals surface area contributed by atoms with Crippen molar-refractivity contribution in [2.75, 3.05) is 0 Å². The second kappa shape index (κ2) is 4.58. The molecule has 1 heterocycles. The lowest BCUT2D eigenvalue weighted by atomic mass is 10.0. The molecule has 3 N–H and O–H groups in total. The van der Waals surface area contributed by atoms with Crippen LogP contribution in [0.3, 0.4) is 0 Å². The molecule has 0 aliphatic carbocycles. The van der Waals surface area contributed by atoms with Crippen LogP contribution in [0.4, 0.5) is 13.2 Å². The van der Waals surface area contributed by atoms with Gasteiger partial charge < -0.3 is 10.7 Å². The first-order valence-electron chi connectivity index (χ1n) is 4.80. The normalized spacial score (nSPS) is 13.5. The number of rotatable bonds is 1. The Balaban J connectivity index is 0.00000144. The van der Waals surface area contributed by atoms with Crippen LogP contribution in [0, 0.1) is 6.92 Å². The van der Waals surface area contributed by atoms with Crippen LogP contribution in [-0.4, -0.2) is 11.2 Å². The zero-order valence-corrected chi connectivity index (χ0v) is 9.82. The summed E-state index contributed by atoms with van der Waals surface area (Å²) in [5.74, 6) is 0. The molecule has 0 aliphatic rings. The molecular formula is C11H12ClF3N2. The first kappa shape index (κ1) is 13.9. The molecule has 0 amide bonds. The quantitative estimate of drug-likeness (QED) is 0.814. The molecular weight excluding hydrogens is 253 g/mol. The van der Waals surface area contributed by atoms with Crippen LogP contribution in [0.15, 0.2) is 24.3 Å². The lowest BCUT2D eigenvalue weighted by Gasteiger charge is -2.16. The van der Waals surface area contributed by atoms with Gasteiger partial charge in [-0.05, 0) is 13.0 Å².